The third-order valence-corrected chi connectivity index (χ3v) is 6.95. The molecule has 0 radical (unpaired) electrons. The summed E-state index contributed by atoms with van der Waals surface area (Å²) in [6.07, 6.45) is 5.96. The molecular weight excluding hydrogens is 620 g/mol. The number of esters is 2. The van der Waals surface area contributed by atoms with Gasteiger partial charge in [-0.1, -0.05) is 28.1 Å². The number of carbonyl (C=O) groups is 4. The summed E-state index contributed by atoms with van der Waals surface area (Å²) in [6.45, 7) is 24.7. The molecular formula is C32H55BrN2O8. The van der Waals surface area contributed by atoms with Crippen LogP contribution in [0.1, 0.15) is 87.5 Å². The molecule has 2 rings (SSSR count). The van der Waals surface area contributed by atoms with E-state index < -0.39 is 16.6 Å². The second kappa shape index (κ2) is 19.7. The topological polar surface area (TPSA) is 112 Å². The zero-order chi connectivity index (χ0) is 33.3. The van der Waals surface area contributed by atoms with Crippen molar-refractivity contribution in [3.8, 4) is 0 Å². The Morgan fingerprint density at radius 1 is 0.791 bits per heavy atom. The van der Waals surface area contributed by atoms with Crippen molar-refractivity contribution in [1.82, 2.24) is 9.80 Å². The molecule has 0 aromatic heterocycles. The normalized spacial score (nSPS) is 16.7. The Hall–Kier alpha value is -2.56. The number of rotatable bonds is 7. The number of carbonyl (C=O) groups excluding carboxylic acids is 4. The van der Waals surface area contributed by atoms with E-state index in [0.29, 0.717) is 71.5 Å². The summed E-state index contributed by atoms with van der Waals surface area (Å²) in [5, 5.41) is 0.896. The number of halogens is 1. The summed E-state index contributed by atoms with van der Waals surface area (Å²) in [5.74, 6) is -0.418. The van der Waals surface area contributed by atoms with Gasteiger partial charge in [-0.3, -0.25) is 9.59 Å². The van der Waals surface area contributed by atoms with Crippen LogP contribution in [-0.4, -0.2) is 89.8 Å². The lowest BCUT2D eigenvalue weighted by Crippen LogP contribution is -2.48. The van der Waals surface area contributed by atoms with Crippen LogP contribution in [0.4, 0.5) is 9.59 Å². The molecule has 0 unspecified atom stereocenters. The summed E-state index contributed by atoms with van der Waals surface area (Å²) >= 11 is 3.13. The lowest BCUT2D eigenvalue weighted by Gasteiger charge is -2.39. The van der Waals surface area contributed by atoms with Crippen molar-refractivity contribution >= 4 is 40.1 Å². The van der Waals surface area contributed by atoms with Gasteiger partial charge in [0.25, 0.3) is 0 Å². The largest absolute Gasteiger partial charge is 0.466 e. The minimum absolute atomic E-state index is 0.0800. The molecule has 2 aliphatic heterocycles. The van der Waals surface area contributed by atoms with E-state index in [2.05, 4.69) is 29.1 Å². The van der Waals surface area contributed by atoms with Crippen LogP contribution in [0.5, 0.6) is 0 Å². The highest BCUT2D eigenvalue weighted by Crippen LogP contribution is 2.37. The zero-order valence-corrected chi connectivity index (χ0v) is 29.3. The van der Waals surface area contributed by atoms with Crippen LogP contribution in [0.3, 0.4) is 0 Å². The van der Waals surface area contributed by atoms with Gasteiger partial charge >= 0.3 is 24.1 Å². The van der Waals surface area contributed by atoms with Gasteiger partial charge in [-0.05, 0) is 87.5 Å². The summed E-state index contributed by atoms with van der Waals surface area (Å²) in [7, 11) is 0. The van der Waals surface area contributed by atoms with Crippen LogP contribution in [0.15, 0.2) is 25.3 Å². The monoisotopic (exact) mass is 674 g/mol. The molecule has 248 valence electrons. The van der Waals surface area contributed by atoms with Gasteiger partial charge in [-0.15, -0.1) is 13.2 Å². The van der Waals surface area contributed by atoms with Gasteiger partial charge in [-0.2, -0.15) is 0 Å². The number of ether oxygens (including phenoxy) is 4. The number of nitrogens with zero attached hydrogens (tertiary/aromatic N) is 2. The Labute approximate surface area is 267 Å². The van der Waals surface area contributed by atoms with Gasteiger partial charge in [0.15, 0.2) is 0 Å². The third kappa shape index (κ3) is 16.2. The Morgan fingerprint density at radius 3 is 1.56 bits per heavy atom. The molecule has 2 amide bonds. The zero-order valence-electron chi connectivity index (χ0n) is 27.7. The molecule has 0 atom stereocenters. The average molecular weight is 676 g/mol. The number of amides is 2. The van der Waals surface area contributed by atoms with Gasteiger partial charge in [0.1, 0.15) is 11.2 Å². The molecule has 0 aliphatic carbocycles. The van der Waals surface area contributed by atoms with Crippen LogP contribution in [-0.2, 0) is 28.5 Å². The van der Waals surface area contributed by atoms with E-state index in [-0.39, 0.29) is 30.0 Å². The SMILES string of the molecule is C=CCBr.C=CCC1(C(=O)OCC)CCN(C(=O)OC(C)(C)C)CC1.CCOC(=O)C1CCN(C(=O)OC(C)(C)C)CC1. The predicted molar refractivity (Wildman–Crippen MR) is 172 cm³/mol. The van der Waals surface area contributed by atoms with Crippen LogP contribution in [0.25, 0.3) is 0 Å². The first-order valence-corrected chi connectivity index (χ1v) is 16.2. The fraction of sp³-hybridized carbons (Fsp3) is 0.750. The van der Waals surface area contributed by atoms with E-state index in [0.717, 1.165) is 5.33 Å². The van der Waals surface area contributed by atoms with E-state index in [4.69, 9.17) is 18.9 Å². The van der Waals surface area contributed by atoms with Crippen molar-refractivity contribution in [2.24, 2.45) is 11.3 Å². The molecule has 0 saturated carbocycles. The van der Waals surface area contributed by atoms with Crippen molar-refractivity contribution in [1.29, 1.82) is 0 Å². The predicted octanol–water partition coefficient (Wildman–Crippen LogP) is 6.91. The first-order valence-electron chi connectivity index (χ1n) is 15.1. The maximum absolute atomic E-state index is 12.2. The molecule has 2 fully saturated rings. The van der Waals surface area contributed by atoms with Crippen LogP contribution < -0.4 is 0 Å². The standard InChI is InChI=1S/C16H27NO4.C13H23NO4.C3H5Br/c1-6-8-16(13(18)20-7-2)9-11-17(12-10-16)14(19)21-15(3,4)5;1-5-17-11(15)10-6-8-14(9-7-10)12(16)18-13(2,3)4;1-2-3-4/h6H,1,7-12H2,2-5H3;10H,5-9H2,1-4H3;2H,1,3H2. The average Bonchev–Trinajstić information content (AvgIpc) is 2.92. The number of hydrogen-bond acceptors (Lipinski definition) is 8. The van der Waals surface area contributed by atoms with E-state index in [1.807, 2.05) is 41.5 Å². The Balaban J connectivity index is 0.000000736. The smallest absolute Gasteiger partial charge is 0.410 e. The summed E-state index contributed by atoms with van der Waals surface area (Å²) < 4.78 is 20.8. The van der Waals surface area contributed by atoms with Gasteiger partial charge in [0.05, 0.1) is 24.5 Å². The molecule has 43 heavy (non-hydrogen) atoms. The molecule has 0 N–H and O–H groups in total. The molecule has 11 heteroatoms. The van der Waals surface area contributed by atoms with Gasteiger partial charge in [0, 0.05) is 31.5 Å². The number of allylic oxidation sites excluding steroid dienone is 2. The van der Waals surface area contributed by atoms with E-state index in [1.54, 1.807) is 35.8 Å². The first kappa shape index (κ1) is 40.4. The molecule has 2 aliphatic rings. The van der Waals surface area contributed by atoms with Crippen LogP contribution >= 0.6 is 15.9 Å². The number of hydrogen-bond donors (Lipinski definition) is 0. The molecule has 0 bridgehead atoms. The minimum atomic E-state index is -0.545. The van der Waals surface area contributed by atoms with Crippen LogP contribution in [0, 0.1) is 11.3 Å². The molecule has 0 spiro atoms. The van der Waals surface area contributed by atoms with Crippen molar-refractivity contribution in [3.63, 3.8) is 0 Å². The molecule has 2 heterocycles. The summed E-state index contributed by atoms with van der Waals surface area (Å²) in [5.41, 5.74) is -1.53. The highest BCUT2D eigenvalue weighted by molar-refractivity contribution is 9.09. The van der Waals surface area contributed by atoms with Crippen LogP contribution in [0.2, 0.25) is 0 Å². The summed E-state index contributed by atoms with van der Waals surface area (Å²) in [4.78, 5) is 50.9. The molecule has 10 nitrogen and oxygen atoms in total. The number of likely N-dealkylation sites (tertiary alicyclic amines) is 2. The highest BCUT2D eigenvalue weighted by Gasteiger charge is 2.43. The maximum atomic E-state index is 12.2. The lowest BCUT2D eigenvalue weighted by molar-refractivity contribution is -0.158. The van der Waals surface area contributed by atoms with E-state index in [9.17, 15) is 19.2 Å². The molecule has 0 aromatic carbocycles. The fourth-order valence-corrected chi connectivity index (χ4v) is 4.38. The third-order valence-electron chi connectivity index (χ3n) is 6.49. The molecule has 0 aromatic rings. The van der Waals surface area contributed by atoms with E-state index >= 15 is 0 Å². The maximum Gasteiger partial charge on any atom is 0.410 e. The number of alkyl halides is 1. The van der Waals surface area contributed by atoms with Crippen molar-refractivity contribution < 1.29 is 38.1 Å². The van der Waals surface area contributed by atoms with Crippen molar-refractivity contribution in [2.75, 3.05) is 44.7 Å². The second-order valence-corrected chi connectivity index (χ2v) is 13.0. The van der Waals surface area contributed by atoms with E-state index in [1.165, 1.54) is 0 Å². The van der Waals surface area contributed by atoms with Gasteiger partial charge in [-0.25, -0.2) is 9.59 Å². The Bertz CT molecular complexity index is 894. The van der Waals surface area contributed by atoms with Gasteiger partial charge < -0.3 is 28.7 Å². The Kier molecular flexibility index (Phi) is 18.5. The quantitative estimate of drug-likeness (QED) is 0.124. The Morgan fingerprint density at radius 2 is 1.21 bits per heavy atom. The highest BCUT2D eigenvalue weighted by atomic mass is 79.9. The van der Waals surface area contributed by atoms with Crippen molar-refractivity contribution in [3.05, 3.63) is 25.3 Å². The lowest BCUT2D eigenvalue weighted by atomic mass is 9.75. The van der Waals surface area contributed by atoms with Gasteiger partial charge in [0.2, 0.25) is 0 Å². The fourth-order valence-electron chi connectivity index (χ4n) is 4.38. The minimum Gasteiger partial charge on any atom is -0.466 e. The number of piperidine rings is 2. The first-order chi connectivity index (χ1) is 20.0. The summed E-state index contributed by atoms with van der Waals surface area (Å²) in [6, 6.07) is 0. The second-order valence-electron chi connectivity index (χ2n) is 12.4. The van der Waals surface area contributed by atoms with Crippen molar-refractivity contribution in [2.45, 2.75) is 98.7 Å². The molecule has 2 saturated heterocycles.